The van der Waals surface area contributed by atoms with E-state index in [0.717, 1.165) is 34.9 Å². The van der Waals surface area contributed by atoms with Crippen LogP contribution in [0.5, 0.6) is 5.75 Å². The highest BCUT2D eigenvalue weighted by molar-refractivity contribution is 9.09. The summed E-state index contributed by atoms with van der Waals surface area (Å²) in [6, 6.07) is 5.59. The lowest BCUT2D eigenvalue weighted by Crippen LogP contribution is -2.04. The van der Waals surface area contributed by atoms with Crippen LogP contribution in [-0.4, -0.2) is 24.5 Å². The highest BCUT2D eigenvalue weighted by atomic mass is 79.9. The molecule has 0 aliphatic carbocycles. The zero-order valence-electron chi connectivity index (χ0n) is 12.3. The Morgan fingerprint density at radius 2 is 2.14 bits per heavy atom. The summed E-state index contributed by atoms with van der Waals surface area (Å²) in [6.45, 7) is 4.59. The van der Waals surface area contributed by atoms with E-state index in [1.165, 1.54) is 0 Å². The zero-order valence-corrected chi connectivity index (χ0v) is 13.9. The fraction of sp³-hybridized carbons (Fsp3) is 0.438. The molecule has 0 saturated carbocycles. The highest BCUT2D eigenvalue weighted by Crippen LogP contribution is 2.33. The lowest BCUT2D eigenvalue weighted by atomic mass is 10.1. The van der Waals surface area contributed by atoms with E-state index in [9.17, 15) is 4.79 Å². The van der Waals surface area contributed by atoms with Crippen LogP contribution in [0, 0.1) is 6.92 Å². The van der Waals surface area contributed by atoms with Gasteiger partial charge in [0.2, 0.25) is 5.76 Å². The maximum atomic E-state index is 11.9. The molecule has 5 heteroatoms. The van der Waals surface area contributed by atoms with E-state index in [2.05, 4.69) is 15.9 Å². The number of ether oxygens (including phenoxy) is 2. The van der Waals surface area contributed by atoms with Crippen LogP contribution in [0.2, 0.25) is 0 Å². The highest BCUT2D eigenvalue weighted by Gasteiger charge is 2.21. The van der Waals surface area contributed by atoms with Crippen molar-refractivity contribution in [2.45, 2.75) is 26.7 Å². The molecule has 1 heterocycles. The number of hydrogen-bond acceptors (Lipinski definition) is 4. The van der Waals surface area contributed by atoms with E-state index in [0.29, 0.717) is 18.8 Å². The van der Waals surface area contributed by atoms with Gasteiger partial charge in [-0.1, -0.05) is 22.0 Å². The van der Waals surface area contributed by atoms with Gasteiger partial charge in [0.1, 0.15) is 11.3 Å². The van der Waals surface area contributed by atoms with E-state index in [1.54, 1.807) is 6.92 Å². The van der Waals surface area contributed by atoms with Crippen molar-refractivity contribution in [3.8, 4) is 5.75 Å². The number of rotatable bonds is 7. The number of fused-ring (bicyclic) bond motifs is 1. The van der Waals surface area contributed by atoms with Crippen LogP contribution < -0.4 is 4.74 Å². The van der Waals surface area contributed by atoms with Gasteiger partial charge in [-0.05, 0) is 38.8 Å². The number of aryl methyl sites for hydroxylation is 1. The minimum atomic E-state index is -0.434. The number of carbonyl (C=O) groups is 1. The molecule has 0 atom stereocenters. The average Bonchev–Trinajstić information content (AvgIpc) is 2.82. The first-order chi connectivity index (χ1) is 10.2. The minimum Gasteiger partial charge on any atom is -0.493 e. The number of furan rings is 1. The van der Waals surface area contributed by atoms with E-state index < -0.39 is 5.97 Å². The summed E-state index contributed by atoms with van der Waals surface area (Å²) in [7, 11) is 0. The monoisotopic (exact) mass is 354 g/mol. The molecule has 2 aromatic rings. The van der Waals surface area contributed by atoms with Crippen LogP contribution in [0.4, 0.5) is 0 Å². The second-order valence-corrected chi connectivity index (χ2v) is 5.44. The fourth-order valence-corrected chi connectivity index (χ4v) is 2.55. The van der Waals surface area contributed by atoms with Gasteiger partial charge in [-0.3, -0.25) is 0 Å². The molecular formula is C16H19BrO4. The standard InChI is InChI=1S/C16H19BrO4/c1-3-19-16(18)15-11(2)14-12(20-10-5-4-9-17)7-6-8-13(14)21-15/h6-8H,3-5,9-10H2,1-2H3. The SMILES string of the molecule is CCOC(=O)c1oc2cccc(OCCCCBr)c2c1C. The molecule has 0 aliphatic rings. The Kier molecular flexibility index (Phi) is 5.67. The minimum absolute atomic E-state index is 0.253. The summed E-state index contributed by atoms with van der Waals surface area (Å²) >= 11 is 3.40. The number of alkyl halides is 1. The molecule has 114 valence electrons. The number of unbranched alkanes of at least 4 members (excludes halogenated alkanes) is 1. The molecule has 4 nitrogen and oxygen atoms in total. The number of benzene rings is 1. The third-order valence-corrected chi connectivity index (χ3v) is 3.72. The Morgan fingerprint density at radius 3 is 2.86 bits per heavy atom. The van der Waals surface area contributed by atoms with Crippen molar-refractivity contribution in [1.82, 2.24) is 0 Å². The summed E-state index contributed by atoms with van der Waals surface area (Å²) in [5.74, 6) is 0.568. The van der Waals surface area contributed by atoms with Crippen molar-refractivity contribution in [2.75, 3.05) is 18.5 Å². The van der Waals surface area contributed by atoms with Crippen LogP contribution in [0.25, 0.3) is 11.0 Å². The largest absolute Gasteiger partial charge is 0.493 e. The van der Waals surface area contributed by atoms with Gasteiger partial charge in [-0.25, -0.2) is 4.79 Å². The molecule has 0 spiro atoms. The van der Waals surface area contributed by atoms with E-state index in [-0.39, 0.29) is 5.76 Å². The smallest absolute Gasteiger partial charge is 0.374 e. The molecule has 0 unspecified atom stereocenters. The van der Waals surface area contributed by atoms with E-state index in [1.807, 2.05) is 25.1 Å². The maximum Gasteiger partial charge on any atom is 0.374 e. The summed E-state index contributed by atoms with van der Waals surface area (Å²) < 4.78 is 16.5. The van der Waals surface area contributed by atoms with Gasteiger partial charge in [-0.15, -0.1) is 0 Å². The van der Waals surface area contributed by atoms with E-state index in [4.69, 9.17) is 13.9 Å². The fourth-order valence-electron chi connectivity index (χ4n) is 2.16. The maximum absolute atomic E-state index is 11.9. The van der Waals surface area contributed by atoms with Crippen LogP contribution in [0.1, 0.15) is 35.9 Å². The molecule has 2 rings (SSSR count). The molecule has 1 aromatic heterocycles. The van der Waals surface area contributed by atoms with Crippen LogP contribution in [0.3, 0.4) is 0 Å². The van der Waals surface area contributed by atoms with Crippen molar-refractivity contribution >= 4 is 32.9 Å². The zero-order chi connectivity index (χ0) is 15.2. The first kappa shape index (κ1) is 15.9. The Balaban J connectivity index is 2.28. The molecule has 0 radical (unpaired) electrons. The van der Waals surface area contributed by atoms with Gasteiger partial charge in [0.05, 0.1) is 18.6 Å². The van der Waals surface area contributed by atoms with Crippen molar-refractivity contribution in [3.63, 3.8) is 0 Å². The molecule has 0 fully saturated rings. The van der Waals surface area contributed by atoms with Crippen molar-refractivity contribution in [1.29, 1.82) is 0 Å². The number of halogens is 1. The third kappa shape index (κ3) is 3.59. The van der Waals surface area contributed by atoms with Gasteiger partial charge < -0.3 is 13.9 Å². The lowest BCUT2D eigenvalue weighted by molar-refractivity contribution is 0.0491. The molecule has 0 saturated heterocycles. The quantitative estimate of drug-likeness (QED) is 0.418. The van der Waals surface area contributed by atoms with Crippen molar-refractivity contribution < 1.29 is 18.7 Å². The Bertz CT molecular complexity index is 618. The molecule has 0 bridgehead atoms. The summed E-state index contributed by atoms with van der Waals surface area (Å²) in [4.78, 5) is 11.9. The second-order valence-electron chi connectivity index (χ2n) is 4.65. The molecule has 0 N–H and O–H groups in total. The first-order valence-corrected chi connectivity index (χ1v) is 8.19. The normalized spacial score (nSPS) is 10.8. The predicted octanol–water partition coefficient (Wildman–Crippen LogP) is 4.47. The molecule has 21 heavy (non-hydrogen) atoms. The Labute approximate surface area is 132 Å². The lowest BCUT2D eigenvalue weighted by Gasteiger charge is -2.07. The molecular weight excluding hydrogens is 336 g/mol. The molecule has 0 amide bonds. The van der Waals surface area contributed by atoms with Crippen LogP contribution in [0.15, 0.2) is 22.6 Å². The Hall–Kier alpha value is -1.49. The summed E-state index contributed by atoms with van der Waals surface area (Å²) in [5.41, 5.74) is 1.41. The molecule has 1 aromatic carbocycles. The number of carbonyl (C=O) groups excluding carboxylic acids is 1. The number of esters is 1. The van der Waals surface area contributed by atoms with Crippen LogP contribution in [-0.2, 0) is 4.74 Å². The van der Waals surface area contributed by atoms with Crippen LogP contribution >= 0.6 is 15.9 Å². The van der Waals surface area contributed by atoms with Crippen molar-refractivity contribution in [2.24, 2.45) is 0 Å². The summed E-state index contributed by atoms with van der Waals surface area (Å²) in [6.07, 6.45) is 2.04. The van der Waals surface area contributed by atoms with Gasteiger partial charge >= 0.3 is 5.97 Å². The predicted molar refractivity (Wildman–Crippen MR) is 85.4 cm³/mol. The van der Waals surface area contributed by atoms with E-state index >= 15 is 0 Å². The second kappa shape index (κ2) is 7.50. The third-order valence-electron chi connectivity index (χ3n) is 3.16. The van der Waals surface area contributed by atoms with Gasteiger partial charge in [0.15, 0.2) is 0 Å². The molecule has 0 aliphatic heterocycles. The van der Waals surface area contributed by atoms with Gasteiger partial charge in [0, 0.05) is 10.9 Å². The number of hydrogen-bond donors (Lipinski definition) is 0. The summed E-state index contributed by atoms with van der Waals surface area (Å²) in [5, 5.41) is 1.82. The van der Waals surface area contributed by atoms with Gasteiger partial charge in [-0.2, -0.15) is 0 Å². The Morgan fingerprint density at radius 1 is 1.33 bits per heavy atom. The van der Waals surface area contributed by atoms with Gasteiger partial charge in [0.25, 0.3) is 0 Å². The first-order valence-electron chi connectivity index (χ1n) is 7.07. The average molecular weight is 355 g/mol. The van der Waals surface area contributed by atoms with Crippen molar-refractivity contribution in [3.05, 3.63) is 29.5 Å². The topological polar surface area (TPSA) is 48.7 Å².